The average molecular weight is 341 g/mol. The fraction of sp³-hybridized carbons (Fsp3) is 0.316. The Morgan fingerprint density at radius 3 is 2.28 bits per heavy atom. The molecule has 0 aliphatic carbocycles. The second kappa shape index (κ2) is 7.44. The van der Waals surface area contributed by atoms with Gasteiger partial charge in [-0.05, 0) is 36.2 Å². The molecule has 1 heterocycles. The molecule has 2 aromatic carbocycles. The zero-order valence-electron chi connectivity index (χ0n) is 14.7. The number of hydrogen-bond acceptors (Lipinski definition) is 5. The van der Waals surface area contributed by atoms with E-state index in [-0.39, 0.29) is 5.92 Å². The number of methoxy groups -OCH3 is 3. The van der Waals surface area contributed by atoms with Gasteiger partial charge in [-0.25, -0.2) is 4.98 Å². The lowest BCUT2D eigenvalue weighted by molar-refractivity contribution is 0.323. The Bertz CT molecular complexity index is 802. The zero-order chi connectivity index (χ0) is 17.8. The van der Waals surface area contributed by atoms with Gasteiger partial charge in [-0.1, -0.05) is 12.1 Å². The van der Waals surface area contributed by atoms with E-state index in [9.17, 15) is 0 Å². The minimum absolute atomic E-state index is 0.0650. The van der Waals surface area contributed by atoms with Gasteiger partial charge >= 0.3 is 0 Å². The molecule has 0 aliphatic heterocycles. The van der Waals surface area contributed by atoms with Crippen LogP contribution >= 0.6 is 0 Å². The molecule has 0 saturated heterocycles. The van der Waals surface area contributed by atoms with Crippen LogP contribution in [0.5, 0.6) is 17.2 Å². The lowest BCUT2D eigenvalue weighted by Crippen LogP contribution is -2.16. The zero-order valence-corrected chi connectivity index (χ0v) is 14.7. The van der Waals surface area contributed by atoms with Crippen molar-refractivity contribution in [2.24, 2.45) is 5.73 Å². The molecule has 132 valence electrons. The number of H-pyrrole nitrogens is 1. The van der Waals surface area contributed by atoms with Gasteiger partial charge in [0, 0.05) is 12.5 Å². The van der Waals surface area contributed by atoms with Crippen LogP contribution in [0.1, 0.15) is 17.3 Å². The number of para-hydroxylation sites is 2. The molecule has 6 nitrogen and oxygen atoms in total. The van der Waals surface area contributed by atoms with Gasteiger partial charge in [-0.15, -0.1) is 0 Å². The highest BCUT2D eigenvalue weighted by Crippen LogP contribution is 2.39. The number of aromatic amines is 1. The Morgan fingerprint density at radius 2 is 1.72 bits per heavy atom. The Morgan fingerprint density at radius 1 is 1.04 bits per heavy atom. The van der Waals surface area contributed by atoms with Crippen molar-refractivity contribution in [1.29, 1.82) is 0 Å². The molecule has 0 radical (unpaired) electrons. The number of hydrogen-bond donors (Lipinski definition) is 2. The summed E-state index contributed by atoms with van der Waals surface area (Å²) in [6.45, 7) is 0.483. The summed E-state index contributed by atoms with van der Waals surface area (Å²) in [5, 5.41) is 0. The number of fused-ring (bicyclic) bond motifs is 1. The van der Waals surface area contributed by atoms with Crippen LogP contribution in [0.2, 0.25) is 0 Å². The first kappa shape index (κ1) is 17.1. The SMILES string of the molecule is COc1cc(CC(CN)c2nc3ccccc3[nH]2)cc(OC)c1OC. The normalized spacial score (nSPS) is 12.2. The highest BCUT2D eigenvalue weighted by molar-refractivity contribution is 5.74. The summed E-state index contributed by atoms with van der Waals surface area (Å²) in [7, 11) is 4.82. The third-order valence-electron chi connectivity index (χ3n) is 4.29. The second-order valence-corrected chi connectivity index (χ2v) is 5.81. The van der Waals surface area contributed by atoms with Crippen LogP contribution in [0.3, 0.4) is 0 Å². The minimum atomic E-state index is 0.0650. The Balaban J connectivity index is 1.93. The number of imidazole rings is 1. The molecular weight excluding hydrogens is 318 g/mol. The first-order chi connectivity index (χ1) is 12.2. The van der Waals surface area contributed by atoms with Crippen molar-refractivity contribution in [3.8, 4) is 17.2 Å². The summed E-state index contributed by atoms with van der Waals surface area (Å²) in [5.74, 6) is 2.81. The molecule has 3 N–H and O–H groups in total. The third kappa shape index (κ3) is 3.39. The van der Waals surface area contributed by atoms with Gasteiger partial charge < -0.3 is 24.9 Å². The molecule has 25 heavy (non-hydrogen) atoms. The van der Waals surface area contributed by atoms with Crippen LogP contribution < -0.4 is 19.9 Å². The van der Waals surface area contributed by atoms with Crippen molar-refractivity contribution in [3.05, 3.63) is 47.8 Å². The molecule has 3 rings (SSSR count). The van der Waals surface area contributed by atoms with Crippen molar-refractivity contribution in [2.75, 3.05) is 27.9 Å². The van der Waals surface area contributed by atoms with Crippen LogP contribution in [0.4, 0.5) is 0 Å². The van der Waals surface area contributed by atoms with Gasteiger partial charge in [-0.3, -0.25) is 0 Å². The maximum Gasteiger partial charge on any atom is 0.203 e. The van der Waals surface area contributed by atoms with E-state index >= 15 is 0 Å². The largest absolute Gasteiger partial charge is 0.493 e. The smallest absolute Gasteiger partial charge is 0.203 e. The average Bonchev–Trinajstić information content (AvgIpc) is 3.08. The fourth-order valence-corrected chi connectivity index (χ4v) is 3.00. The number of nitrogens with zero attached hydrogens (tertiary/aromatic N) is 1. The van der Waals surface area contributed by atoms with Gasteiger partial charge in [0.05, 0.1) is 32.4 Å². The lowest BCUT2D eigenvalue weighted by Gasteiger charge is -2.17. The van der Waals surface area contributed by atoms with E-state index in [0.717, 1.165) is 22.4 Å². The Hall–Kier alpha value is -2.73. The number of aromatic nitrogens is 2. The van der Waals surface area contributed by atoms with E-state index in [1.165, 1.54) is 0 Å². The maximum atomic E-state index is 6.02. The standard InChI is InChI=1S/C19H23N3O3/c1-23-16-9-12(10-17(24-2)18(16)25-3)8-13(11-20)19-21-14-6-4-5-7-15(14)22-19/h4-7,9-10,13H,8,11,20H2,1-3H3,(H,21,22). The Kier molecular flexibility index (Phi) is 5.09. The minimum Gasteiger partial charge on any atom is -0.493 e. The van der Waals surface area contributed by atoms with Crippen molar-refractivity contribution in [1.82, 2.24) is 9.97 Å². The number of nitrogens with two attached hydrogens (primary N) is 1. The van der Waals surface area contributed by atoms with E-state index < -0.39 is 0 Å². The van der Waals surface area contributed by atoms with E-state index in [1.54, 1.807) is 21.3 Å². The van der Waals surface area contributed by atoms with Gasteiger partial charge in [0.25, 0.3) is 0 Å². The predicted molar refractivity (Wildman–Crippen MR) is 97.7 cm³/mol. The second-order valence-electron chi connectivity index (χ2n) is 5.81. The van der Waals surface area contributed by atoms with Crippen molar-refractivity contribution in [3.63, 3.8) is 0 Å². The molecule has 0 saturated carbocycles. The molecule has 0 aliphatic rings. The van der Waals surface area contributed by atoms with Gasteiger partial charge in [0.1, 0.15) is 5.82 Å². The van der Waals surface area contributed by atoms with E-state index in [0.29, 0.717) is 30.2 Å². The third-order valence-corrected chi connectivity index (χ3v) is 4.29. The Labute approximate surface area is 146 Å². The van der Waals surface area contributed by atoms with E-state index in [4.69, 9.17) is 19.9 Å². The van der Waals surface area contributed by atoms with E-state index in [1.807, 2.05) is 36.4 Å². The van der Waals surface area contributed by atoms with Gasteiger partial charge in [0.2, 0.25) is 5.75 Å². The molecule has 3 aromatic rings. The van der Waals surface area contributed by atoms with Crippen LogP contribution in [0.25, 0.3) is 11.0 Å². The number of ether oxygens (including phenoxy) is 3. The summed E-state index contributed by atoms with van der Waals surface area (Å²) in [5.41, 5.74) is 9.03. The summed E-state index contributed by atoms with van der Waals surface area (Å²) >= 11 is 0. The highest BCUT2D eigenvalue weighted by Gasteiger charge is 2.19. The fourth-order valence-electron chi connectivity index (χ4n) is 3.00. The summed E-state index contributed by atoms with van der Waals surface area (Å²) in [6, 6.07) is 11.9. The van der Waals surface area contributed by atoms with Crippen LogP contribution in [-0.4, -0.2) is 37.8 Å². The topological polar surface area (TPSA) is 82.4 Å². The molecule has 1 atom stereocenters. The maximum absolute atomic E-state index is 6.02. The van der Waals surface area contributed by atoms with Gasteiger partial charge in [0.15, 0.2) is 11.5 Å². The number of benzene rings is 2. The monoisotopic (exact) mass is 341 g/mol. The van der Waals surface area contributed by atoms with Crippen LogP contribution in [0, 0.1) is 0 Å². The summed E-state index contributed by atoms with van der Waals surface area (Å²) < 4.78 is 16.2. The first-order valence-corrected chi connectivity index (χ1v) is 8.13. The van der Waals surface area contributed by atoms with Crippen LogP contribution in [0.15, 0.2) is 36.4 Å². The molecule has 0 amide bonds. The number of nitrogens with one attached hydrogen (secondary N) is 1. The molecule has 6 heteroatoms. The van der Waals surface area contributed by atoms with Crippen molar-refractivity contribution in [2.45, 2.75) is 12.3 Å². The highest BCUT2D eigenvalue weighted by atomic mass is 16.5. The van der Waals surface area contributed by atoms with Gasteiger partial charge in [-0.2, -0.15) is 0 Å². The summed E-state index contributed by atoms with van der Waals surface area (Å²) in [4.78, 5) is 8.04. The number of rotatable bonds is 7. The quantitative estimate of drug-likeness (QED) is 0.690. The molecule has 1 aromatic heterocycles. The first-order valence-electron chi connectivity index (χ1n) is 8.13. The molecule has 0 fully saturated rings. The molecule has 0 bridgehead atoms. The molecule has 0 spiro atoms. The predicted octanol–water partition coefficient (Wildman–Crippen LogP) is 2.87. The molecular formula is C19H23N3O3. The van der Waals surface area contributed by atoms with Crippen molar-refractivity contribution >= 4 is 11.0 Å². The summed E-state index contributed by atoms with van der Waals surface area (Å²) in [6.07, 6.45) is 0.715. The van der Waals surface area contributed by atoms with Crippen LogP contribution in [-0.2, 0) is 6.42 Å². The lowest BCUT2D eigenvalue weighted by atomic mass is 9.98. The van der Waals surface area contributed by atoms with Crippen molar-refractivity contribution < 1.29 is 14.2 Å². The molecule has 1 unspecified atom stereocenters. The van der Waals surface area contributed by atoms with E-state index in [2.05, 4.69) is 9.97 Å².